The molecule has 0 unspecified atom stereocenters. The minimum Gasteiger partial charge on any atom is -0.463 e. The fraction of sp³-hybridized carbons (Fsp3) is 0.789. The molecule has 9 heteroatoms. The van der Waals surface area contributed by atoms with Crippen LogP contribution in [0.25, 0.3) is 0 Å². The molecule has 0 heterocycles. The molecular formula is C19H34O9. The zero-order valence-corrected chi connectivity index (χ0v) is 17.1. The van der Waals surface area contributed by atoms with E-state index in [4.69, 9.17) is 33.2 Å². The van der Waals surface area contributed by atoms with Crippen LogP contribution in [0.2, 0.25) is 0 Å². The highest BCUT2D eigenvalue weighted by Gasteiger charge is 2.14. The lowest BCUT2D eigenvalue weighted by molar-refractivity contribution is -0.148. The number of ether oxygens (including phenoxy) is 7. The van der Waals surface area contributed by atoms with Crippen LogP contribution in [0.4, 0.5) is 0 Å². The van der Waals surface area contributed by atoms with Crippen LogP contribution >= 0.6 is 0 Å². The van der Waals surface area contributed by atoms with E-state index < -0.39 is 11.9 Å². The van der Waals surface area contributed by atoms with E-state index in [-0.39, 0.29) is 38.4 Å². The Hall–Kier alpha value is -1.52. The highest BCUT2D eigenvalue weighted by atomic mass is 16.6. The molecule has 28 heavy (non-hydrogen) atoms. The van der Waals surface area contributed by atoms with Crippen molar-refractivity contribution in [2.75, 3.05) is 79.3 Å². The van der Waals surface area contributed by atoms with Gasteiger partial charge in [0.25, 0.3) is 0 Å². The summed E-state index contributed by atoms with van der Waals surface area (Å²) in [6.45, 7) is 12.2. The molecule has 0 saturated carbocycles. The van der Waals surface area contributed by atoms with Crippen LogP contribution in [-0.2, 0) is 42.7 Å². The third kappa shape index (κ3) is 17.9. The summed E-state index contributed by atoms with van der Waals surface area (Å²) < 4.78 is 35.9. The molecule has 0 bridgehead atoms. The molecule has 0 atom stereocenters. The minimum atomic E-state index is -0.651. The molecule has 0 aliphatic carbocycles. The summed E-state index contributed by atoms with van der Waals surface area (Å²) in [6, 6.07) is 0. The van der Waals surface area contributed by atoms with Gasteiger partial charge >= 0.3 is 11.9 Å². The standard InChI is InChI=1S/C19H34O9/c1-4-22-6-8-24-10-11-26-13-15-28-19(21)17(3)16-18(20)27-14-12-25-9-7-23-5-2/h3-16H2,1-2H3. The maximum absolute atomic E-state index is 11.7. The van der Waals surface area contributed by atoms with E-state index in [9.17, 15) is 9.59 Å². The Kier molecular flexibility index (Phi) is 19.1. The summed E-state index contributed by atoms with van der Waals surface area (Å²) in [5, 5.41) is 0. The summed E-state index contributed by atoms with van der Waals surface area (Å²) >= 11 is 0. The van der Waals surface area contributed by atoms with Crippen molar-refractivity contribution >= 4 is 11.9 Å². The van der Waals surface area contributed by atoms with Crippen LogP contribution in [0.1, 0.15) is 20.3 Å². The van der Waals surface area contributed by atoms with E-state index in [0.29, 0.717) is 52.9 Å². The molecule has 0 aromatic heterocycles. The Morgan fingerprint density at radius 3 is 1.46 bits per heavy atom. The first kappa shape index (κ1) is 26.5. The van der Waals surface area contributed by atoms with Crippen LogP contribution in [0, 0.1) is 0 Å². The van der Waals surface area contributed by atoms with Gasteiger partial charge in [-0.3, -0.25) is 4.79 Å². The van der Waals surface area contributed by atoms with Crippen molar-refractivity contribution in [1.82, 2.24) is 0 Å². The van der Waals surface area contributed by atoms with Gasteiger partial charge in [-0.15, -0.1) is 0 Å². The summed E-state index contributed by atoms with van der Waals surface area (Å²) in [5.41, 5.74) is 0.0292. The lowest BCUT2D eigenvalue weighted by atomic mass is 10.2. The molecule has 0 aromatic carbocycles. The van der Waals surface area contributed by atoms with Crippen LogP contribution in [-0.4, -0.2) is 91.2 Å². The van der Waals surface area contributed by atoms with E-state index in [1.54, 1.807) is 0 Å². The molecule has 164 valence electrons. The lowest BCUT2D eigenvalue weighted by Crippen LogP contribution is -2.17. The molecule has 0 rings (SSSR count). The highest BCUT2D eigenvalue weighted by molar-refractivity contribution is 5.93. The Morgan fingerprint density at radius 2 is 1.00 bits per heavy atom. The van der Waals surface area contributed by atoms with Crippen molar-refractivity contribution in [3.05, 3.63) is 12.2 Å². The van der Waals surface area contributed by atoms with Crippen LogP contribution in [0.3, 0.4) is 0 Å². The Bertz CT molecular complexity index is 412. The zero-order valence-electron chi connectivity index (χ0n) is 17.1. The molecular weight excluding hydrogens is 372 g/mol. The molecule has 0 aromatic rings. The quantitative estimate of drug-likeness (QED) is 0.167. The molecule has 0 N–H and O–H groups in total. The average Bonchev–Trinajstić information content (AvgIpc) is 2.68. The molecule has 0 aliphatic rings. The molecule has 0 saturated heterocycles. The van der Waals surface area contributed by atoms with E-state index in [1.165, 1.54) is 0 Å². The topological polar surface area (TPSA) is 98.8 Å². The maximum atomic E-state index is 11.7. The van der Waals surface area contributed by atoms with Crippen LogP contribution in [0.15, 0.2) is 12.2 Å². The normalized spacial score (nSPS) is 10.6. The van der Waals surface area contributed by atoms with Gasteiger partial charge in [-0.2, -0.15) is 0 Å². The second-order valence-corrected chi connectivity index (χ2v) is 5.37. The SMILES string of the molecule is C=C(CC(=O)OCCOCCOCC)C(=O)OCCOCCOCCOCC. The number of carbonyl (C=O) groups excluding carboxylic acids is 2. The highest BCUT2D eigenvalue weighted by Crippen LogP contribution is 2.03. The number of rotatable bonds is 20. The molecule has 0 spiro atoms. The fourth-order valence-corrected chi connectivity index (χ4v) is 1.76. The van der Waals surface area contributed by atoms with E-state index in [1.807, 2.05) is 13.8 Å². The van der Waals surface area contributed by atoms with Gasteiger partial charge in [-0.1, -0.05) is 6.58 Å². The second-order valence-electron chi connectivity index (χ2n) is 5.37. The monoisotopic (exact) mass is 406 g/mol. The van der Waals surface area contributed by atoms with Crippen molar-refractivity contribution < 1.29 is 42.7 Å². The van der Waals surface area contributed by atoms with Gasteiger partial charge in [0.1, 0.15) is 13.2 Å². The van der Waals surface area contributed by atoms with Gasteiger partial charge in [0.2, 0.25) is 0 Å². The third-order valence-electron chi connectivity index (χ3n) is 3.12. The van der Waals surface area contributed by atoms with E-state index in [0.717, 1.165) is 0 Å². The van der Waals surface area contributed by atoms with Crippen molar-refractivity contribution in [2.24, 2.45) is 0 Å². The first-order valence-corrected chi connectivity index (χ1v) is 9.51. The predicted molar refractivity (Wildman–Crippen MR) is 101 cm³/mol. The van der Waals surface area contributed by atoms with Crippen LogP contribution < -0.4 is 0 Å². The van der Waals surface area contributed by atoms with Crippen LogP contribution in [0.5, 0.6) is 0 Å². The summed E-state index contributed by atoms with van der Waals surface area (Å²) in [5.74, 6) is -1.21. The van der Waals surface area contributed by atoms with Crippen molar-refractivity contribution in [1.29, 1.82) is 0 Å². The van der Waals surface area contributed by atoms with Gasteiger partial charge in [0.15, 0.2) is 0 Å². The summed E-state index contributed by atoms with van der Waals surface area (Å²) in [6.07, 6.45) is -0.230. The molecule has 0 amide bonds. The molecule has 0 radical (unpaired) electrons. The molecule has 9 nitrogen and oxygen atoms in total. The molecule has 0 aliphatic heterocycles. The van der Waals surface area contributed by atoms with E-state index >= 15 is 0 Å². The Labute approximate surface area is 167 Å². The number of hydrogen-bond donors (Lipinski definition) is 0. The maximum Gasteiger partial charge on any atom is 0.334 e. The van der Waals surface area contributed by atoms with Gasteiger partial charge in [0.05, 0.1) is 59.3 Å². The van der Waals surface area contributed by atoms with Crippen molar-refractivity contribution in [3.8, 4) is 0 Å². The van der Waals surface area contributed by atoms with Gasteiger partial charge in [0, 0.05) is 18.8 Å². The van der Waals surface area contributed by atoms with Crippen molar-refractivity contribution in [2.45, 2.75) is 20.3 Å². The third-order valence-corrected chi connectivity index (χ3v) is 3.12. The average molecular weight is 406 g/mol. The van der Waals surface area contributed by atoms with Gasteiger partial charge < -0.3 is 33.2 Å². The van der Waals surface area contributed by atoms with Gasteiger partial charge in [-0.05, 0) is 13.8 Å². The summed E-state index contributed by atoms with van der Waals surface area (Å²) in [4.78, 5) is 23.3. The number of carbonyl (C=O) groups is 2. The van der Waals surface area contributed by atoms with E-state index in [2.05, 4.69) is 6.58 Å². The smallest absolute Gasteiger partial charge is 0.334 e. The number of esters is 2. The Morgan fingerprint density at radius 1 is 0.607 bits per heavy atom. The predicted octanol–water partition coefficient (Wildman–Crippen LogP) is 1.14. The largest absolute Gasteiger partial charge is 0.463 e. The van der Waals surface area contributed by atoms with Gasteiger partial charge in [-0.25, -0.2) is 4.79 Å². The zero-order chi connectivity index (χ0) is 20.9. The fourth-order valence-electron chi connectivity index (χ4n) is 1.76. The Balaban J connectivity index is 3.52. The molecule has 0 fully saturated rings. The summed E-state index contributed by atoms with van der Waals surface area (Å²) in [7, 11) is 0. The first-order chi connectivity index (χ1) is 13.6. The number of hydrogen-bond acceptors (Lipinski definition) is 9. The van der Waals surface area contributed by atoms with Crippen molar-refractivity contribution in [3.63, 3.8) is 0 Å². The lowest BCUT2D eigenvalue weighted by Gasteiger charge is -2.09. The first-order valence-electron chi connectivity index (χ1n) is 9.51. The minimum absolute atomic E-state index is 0.0292. The second kappa shape index (κ2) is 20.2.